The van der Waals surface area contributed by atoms with Crippen molar-refractivity contribution in [3.63, 3.8) is 0 Å². The quantitative estimate of drug-likeness (QED) is 0.756. The highest BCUT2D eigenvalue weighted by Gasteiger charge is 2.27. The first-order valence-corrected chi connectivity index (χ1v) is 8.18. The number of rotatable bonds is 7. The number of nitrogens with one attached hydrogen (secondary N) is 1. The highest BCUT2D eigenvalue weighted by Crippen LogP contribution is 2.24. The third kappa shape index (κ3) is 5.19. The van der Waals surface area contributed by atoms with E-state index in [0.717, 1.165) is 31.0 Å². The van der Waals surface area contributed by atoms with Gasteiger partial charge in [0, 0.05) is 24.4 Å². The van der Waals surface area contributed by atoms with Crippen molar-refractivity contribution in [1.29, 1.82) is 0 Å². The van der Waals surface area contributed by atoms with Crippen molar-refractivity contribution in [2.75, 3.05) is 31.6 Å². The average molecular weight is 258 g/mol. The van der Waals surface area contributed by atoms with Crippen molar-refractivity contribution < 1.29 is 0 Å². The monoisotopic (exact) mass is 258 g/mol. The van der Waals surface area contributed by atoms with Crippen molar-refractivity contribution in [3.8, 4) is 0 Å². The summed E-state index contributed by atoms with van der Waals surface area (Å²) < 4.78 is 0. The molecule has 1 fully saturated rings. The van der Waals surface area contributed by atoms with Gasteiger partial charge >= 0.3 is 0 Å². The van der Waals surface area contributed by atoms with Crippen molar-refractivity contribution in [2.45, 2.75) is 46.2 Å². The third-order valence-electron chi connectivity index (χ3n) is 3.68. The number of hydrogen-bond donors (Lipinski definition) is 1. The molecule has 2 unspecified atom stereocenters. The first-order chi connectivity index (χ1) is 8.02. The molecule has 0 radical (unpaired) electrons. The highest BCUT2D eigenvalue weighted by atomic mass is 32.2. The second-order valence-electron chi connectivity index (χ2n) is 6.05. The van der Waals surface area contributed by atoms with Gasteiger partial charge in [-0.3, -0.25) is 4.90 Å². The predicted molar refractivity (Wildman–Crippen MR) is 79.8 cm³/mol. The topological polar surface area (TPSA) is 15.3 Å². The Morgan fingerprint density at radius 1 is 1.24 bits per heavy atom. The van der Waals surface area contributed by atoms with Crippen molar-refractivity contribution in [2.24, 2.45) is 11.8 Å². The first-order valence-electron chi connectivity index (χ1n) is 7.02. The van der Waals surface area contributed by atoms with Crippen molar-refractivity contribution in [3.05, 3.63) is 0 Å². The maximum absolute atomic E-state index is 3.62. The standard InChI is InChI=1S/C14H30N2S/c1-11(2)8-15-9-14(12(3)4)16(5)13-6-7-17-10-13/h11-15H,6-10H2,1-5H3. The Morgan fingerprint density at radius 2 is 1.94 bits per heavy atom. The van der Waals surface area contributed by atoms with Crippen LogP contribution < -0.4 is 5.32 Å². The summed E-state index contributed by atoms with van der Waals surface area (Å²) in [5.74, 6) is 4.14. The number of thioether (sulfide) groups is 1. The van der Waals surface area contributed by atoms with Gasteiger partial charge in [-0.05, 0) is 37.6 Å². The smallest absolute Gasteiger partial charge is 0.0243 e. The molecule has 0 aromatic carbocycles. The summed E-state index contributed by atoms with van der Waals surface area (Å²) in [4.78, 5) is 2.62. The molecule has 1 saturated heterocycles. The molecule has 1 aliphatic rings. The summed E-state index contributed by atoms with van der Waals surface area (Å²) >= 11 is 2.11. The Morgan fingerprint density at radius 3 is 2.41 bits per heavy atom. The van der Waals surface area contributed by atoms with E-state index in [1.54, 1.807) is 0 Å². The predicted octanol–water partition coefficient (Wildman–Crippen LogP) is 2.69. The van der Waals surface area contributed by atoms with Crippen LogP contribution in [0.1, 0.15) is 34.1 Å². The molecule has 0 saturated carbocycles. The van der Waals surface area contributed by atoms with Crippen molar-refractivity contribution >= 4 is 11.8 Å². The molecule has 17 heavy (non-hydrogen) atoms. The summed E-state index contributed by atoms with van der Waals surface area (Å²) in [6.07, 6.45) is 1.37. The number of hydrogen-bond acceptors (Lipinski definition) is 3. The Labute approximate surface area is 112 Å². The lowest BCUT2D eigenvalue weighted by atomic mass is 10.0. The Hall–Kier alpha value is 0.270. The molecule has 3 heteroatoms. The Kier molecular flexibility index (Phi) is 6.90. The molecule has 1 rings (SSSR count). The van der Waals surface area contributed by atoms with Gasteiger partial charge in [0.2, 0.25) is 0 Å². The van der Waals surface area contributed by atoms with Gasteiger partial charge in [0.1, 0.15) is 0 Å². The van der Waals surface area contributed by atoms with E-state index in [1.807, 2.05) is 0 Å². The van der Waals surface area contributed by atoms with Crippen LogP contribution in [0.4, 0.5) is 0 Å². The molecule has 2 nitrogen and oxygen atoms in total. The van der Waals surface area contributed by atoms with Gasteiger partial charge in [-0.1, -0.05) is 27.7 Å². The molecule has 0 spiro atoms. The van der Waals surface area contributed by atoms with E-state index in [1.165, 1.54) is 17.9 Å². The lowest BCUT2D eigenvalue weighted by molar-refractivity contribution is 0.144. The zero-order chi connectivity index (χ0) is 12.8. The number of likely N-dealkylation sites (N-methyl/N-ethyl adjacent to an activating group) is 1. The zero-order valence-corrected chi connectivity index (χ0v) is 13.0. The van der Waals surface area contributed by atoms with E-state index < -0.39 is 0 Å². The Balaban J connectivity index is 2.40. The van der Waals surface area contributed by atoms with Crippen molar-refractivity contribution in [1.82, 2.24) is 10.2 Å². The summed E-state index contributed by atoms with van der Waals surface area (Å²) in [6.45, 7) is 11.5. The molecular weight excluding hydrogens is 228 g/mol. The minimum atomic E-state index is 0.678. The molecule has 102 valence electrons. The van der Waals surface area contributed by atoms with E-state index in [4.69, 9.17) is 0 Å². The Bertz CT molecular complexity index is 200. The fraction of sp³-hybridized carbons (Fsp3) is 1.00. The zero-order valence-electron chi connectivity index (χ0n) is 12.2. The normalized spacial score (nSPS) is 22.9. The SMILES string of the molecule is CC(C)CNCC(C(C)C)N(C)C1CCSC1. The van der Waals surface area contributed by atoms with Gasteiger partial charge in [-0.2, -0.15) is 11.8 Å². The highest BCUT2D eigenvalue weighted by molar-refractivity contribution is 7.99. The lowest BCUT2D eigenvalue weighted by Crippen LogP contribution is -2.48. The summed E-state index contributed by atoms with van der Waals surface area (Å²) in [5, 5.41) is 3.62. The van der Waals surface area contributed by atoms with Crippen LogP contribution >= 0.6 is 11.8 Å². The van der Waals surface area contributed by atoms with Gasteiger partial charge < -0.3 is 5.32 Å². The third-order valence-corrected chi connectivity index (χ3v) is 4.83. The fourth-order valence-electron chi connectivity index (χ4n) is 2.48. The van der Waals surface area contributed by atoms with Gasteiger partial charge in [0.05, 0.1) is 0 Å². The summed E-state index contributed by atoms with van der Waals surface area (Å²) in [6, 6.07) is 1.48. The first kappa shape index (κ1) is 15.3. The molecule has 1 heterocycles. The lowest BCUT2D eigenvalue weighted by Gasteiger charge is -2.35. The van der Waals surface area contributed by atoms with Crippen LogP contribution in [0.3, 0.4) is 0 Å². The maximum Gasteiger partial charge on any atom is 0.0243 e. The fourth-order valence-corrected chi connectivity index (χ4v) is 3.76. The van der Waals surface area contributed by atoms with E-state index in [9.17, 15) is 0 Å². The minimum Gasteiger partial charge on any atom is -0.315 e. The molecule has 0 aromatic rings. The van der Waals surface area contributed by atoms with E-state index in [-0.39, 0.29) is 0 Å². The van der Waals surface area contributed by atoms with Crippen LogP contribution in [0.2, 0.25) is 0 Å². The number of nitrogens with zero attached hydrogens (tertiary/aromatic N) is 1. The molecule has 0 bridgehead atoms. The molecule has 2 atom stereocenters. The van der Waals surface area contributed by atoms with Crippen LogP contribution in [0.5, 0.6) is 0 Å². The maximum atomic E-state index is 3.62. The van der Waals surface area contributed by atoms with Gasteiger partial charge in [-0.15, -0.1) is 0 Å². The summed E-state index contributed by atoms with van der Waals surface area (Å²) in [5.41, 5.74) is 0. The molecule has 1 aliphatic heterocycles. The van der Waals surface area contributed by atoms with E-state index in [2.05, 4.69) is 56.7 Å². The van der Waals surface area contributed by atoms with Crippen LogP contribution in [-0.2, 0) is 0 Å². The van der Waals surface area contributed by atoms with E-state index in [0.29, 0.717) is 6.04 Å². The van der Waals surface area contributed by atoms with Crippen LogP contribution in [-0.4, -0.2) is 48.6 Å². The summed E-state index contributed by atoms with van der Waals surface area (Å²) in [7, 11) is 2.32. The van der Waals surface area contributed by atoms with Crippen LogP contribution in [0.25, 0.3) is 0 Å². The van der Waals surface area contributed by atoms with Gasteiger partial charge in [0.15, 0.2) is 0 Å². The van der Waals surface area contributed by atoms with Crippen LogP contribution in [0.15, 0.2) is 0 Å². The molecule has 1 N–H and O–H groups in total. The second kappa shape index (κ2) is 7.65. The second-order valence-corrected chi connectivity index (χ2v) is 7.20. The molecule has 0 aliphatic carbocycles. The molecule has 0 aromatic heterocycles. The van der Waals surface area contributed by atoms with Gasteiger partial charge in [0.25, 0.3) is 0 Å². The average Bonchev–Trinajstić information content (AvgIpc) is 2.75. The largest absolute Gasteiger partial charge is 0.315 e. The molecule has 0 amide bonds. The van der Waals surface area contributed by atoms with Crippen LogP contribution in [0, 0.1) is 11.8 Å². The molecular formula is C14H30N2S. The minimum absolute atomic E-state index is 0.678. The van der Waals surface area contributed by atoms with Gasteiger partial charge in [-0.25, -0.2) is 0 Å². The van der Waals surface area contributed by atoms with E-state index >= 15 is 0 Å².